The van der Waals surface area contributed by atoms with Gasteiger partial charge in [-0.25, -0.2) is 0 Å². The number of benzene rings is 2. The van der Waals surface area contributed by atoms with E-state index in [1.54, 1.807) is 4.68 Å². The van der Waals surface area contributed by atoms with Crippen LogP contribution in [0.3, 0.4) is 0 Å². The number of carbonyl (C=O) groups is 1. The summed E-state index contributed by atoms with van der Waals surface area (Å²) in [4.78, 5) is 12.5. The number of amides is 1. The molecule has 2 aromatic carbocycles. The van der Waals surface area contributed by atoms with Crippen molar-refractivity contribution in [3.8, 4) is 0 Å². The summed E-state index contributed by atoms with van der Waals surface area (Å²) in [6.45, 7) is 6.12. The van der Waals surface area contributed by atoms with Crippen molar-refractivity contribution in [1.29, 1.82) is 0 Å². The number of hydrogen-bond acceptors (Lipinski definition) is 3. The Morgan fingerprint density at radius 1 is 1.00 bits per heavy atom. The number of aryl methyl sites for hydroxylation is 3. The van der Waals surface area contributed by atoms with E-state index < -0.39 is 0 Å². The molecule has 0 bridgehead atoms. The van der Waals surface area contributed by atoms with Gasteiger partial charge in [-0.2, -0.15) is 5.10 Å². The van der Waals surface area contributed by atoms with E-state index in [0.29, 0.717) is 0 Å². The zero-order valence-corrected chi connectivity index (χ0v) is 16.3. The van der Waals surface area contributed by atoms with Crippen LogP contribution in [0.25, 0.3) is 0 Å². The molecular formula is C22H26N4O. The van der Waals surface area contributed by atoms with Crippen LogP contribution in [-0.4, -0.2) is 22.2 Å². The van der Waals surface area contributed by atoms with Gasteiger partial charge < -0.3 is 5.32 Å². The van der Waals surface area contributed by atoms with Crippen LogP contribution < -0.4 is 10.6 Å². The maximum Gasteiger partial charge on any atom is 0.238 e. The van der Waals surface area contributed by atoms with Gasteiger partial charge in [0.15, 0.2) is 0 Å². The van der Waals surface area contributed by atoms with Gasteiger partial charge in [0.05, 0.1) is 29.7 Å². The molecule has 0 saturated carbocycles. The molecule has 1 aromatic heterocycles. The Hall–Kier alpha value is -2.92. The van der Waals surface area contributed by atoms with Crippen LogP contribution in [-0.2, 0) is 11.8 Å². The van der Waals surface area contributed by atoms with E-state index >= 15 is 0 Å². The molecule has 3 rings (SSSR count). The third-order valence-corrected chi connectivity index (χ3v) is 4.78. The number of hydrogen-bond donors (Lipinski definition) is 2. The topological polar surface area (TPSA) is 59.0 Å². The molecule has 1 atom stereocenters. The van der Waals surface area contributed by atoms with Crippen LogP contribution in [0.1, 0.15) is 34.1 Å². The van der Waals surface area contributed by atoms with Crippen molar-refractivity contribution in [3.05, 3.63) is 82.7 Å². The highest BCUT2D eigenvalue weighted by Gasteiger charge is 2.17. The first-order chi connectivity index (χ1) is 13.0. The Kier molecular flexibility index (Phi) is 5.72. The molecule has 5 heteroatoms. The van der Waals surface area contributed by atoms with Crippen molar-refractivity contribution in [2.75, 3.05) is 11.9 Å². The molecule has 3 aromatic rings. The first-order valence-electron chi connectivity index (χ1n) is 9.10. The van der Waals surface area contributed by atoms with Gasteiger partial charge in [0.1, 0.15) is 0 Å². The molecule has 2 N–H and O–H groups in total. The lowest BCUT2D eigenvalue weighted by atomic mass is 9.98. The Balaban J connectivity index is 1.74. The van der Waals surface area contributed by atoms with E-state index in [1.807, 2.05) is 39.1 Å². The average Bonchev–Trinajstić information content (AvgIpc) is 2.90. The molecule has 27 heavy (non-hydrogen) atoms. The maximum absolute atomic E-state index is 12.5. The highest BCUT2D eigenvalue weighted by atomic mass is 16.1. The SMILES string of the molecule is Cc1ccc([C@@H](NCC(=O)Nc2c(C)nn(C)c2C)c2ccccc2)cc1. The summed E-state index contributed by atoms with van der Waals surface area (Å²) in [6, 6.07) is 18.5. The third-order valence-electron chi connectivity index (χ3n) is 4.78. The van der Waals surface area contributed by atoms with Crippen molar-refractivity contribution in [2.45, 2.75) is 26.8 Å². The van der Waals surface area contributed by atoms with Gasteiger partial charge in [-0.05, 0) is 31.9 Å². The zero-order chi connectivity index (χ0) is 19.4. The van der Waals surface area contributed by atoms with Gasteiger partial charge in [0, 0.05) is 7.05 Å². The third kappa shape index (κ3) is 4.44. The maximum atomic E-state index is 12.5. The molecule has 1 amide bonds. The summed E-state index contributed by atoms with van der Waals surface area (Å²) >= 11 is 0. The Labute approximate surface area is 160 Å². The van der Waals surface area contributed by atoms with Crippen LogP contribution in [0.4, 0.5) is 5.69 Å². The van der Waals surface area contributed by atoms with Gasteiger partial charge in [-0.15, -0.1) is 0 Å². The van der Waals surface area contributed by atoms with E-state index in [-0.39, 0.29) is 18.5 Å². The van der Waals surface area contributed by atoms with Crippen LogP contribution in [0.5, 0.6) is 0 Å². The standard InChI is InChI=1S/C22H26N4O/c1-15-10-12-19(13-11-15)22(18-8-6-5-7-9-18)23-14-20(27)24-21-16(2)25-26(4)17(21)3/h5-13,22-23H,14H2,1-4H3,(H,24,27)/t22-/m0/s1. The summed E-state index contributed by atoms with van der Waals surface area (Å²) in [6.07, 6.45) is 0. The van der Waals surface area contributed by atoms with Crippen LogP contribution in [0, 0.1) is 20.8 Å². The fourth-order valence-electron chi connectivity index (χ4n) is 3.17. The predicted octanol–water partition coefficient (Wildman–Crippen LogP) is 3.66. The van der Waals surface area contributed by atoms with Gasteiger partial charge >= 0.3 is 0 Å². The minimum absolute atomic E-state index is 0.0476. The molecule has 0 fully saturated rings. The molecule has 0 spiro atoms. The minimum Gasteiger partial charge on any atom is -0.322 e. The normalized spacial score (nSPS) is 12.0. The highest BCUT2D eigenvalue weighted by Crippen LogP contribution is 2.22. The smallest absolute Gasteiger partial charge is 0.238 e. The minimum atomic E-state index is -0.0813. The molecule has 5 nitrogen and oxygen atoms in total. The van der Waals surface area contributed by atoms with Crippen LogP contribution in [0.2, 0.25) is 0 Å². The second-order valence-electron chi connectivity index (χ2n) is 6.85. The fraction of sp³-hybridized carbons (Fsp3) is 0.273. The lowest BCUT2D eigenvalue weighted by Gasteiger charge is -2.20. The van der Waals surface area contributed by atoms with Gasteiger partial charge in [0.2, 0.25) is 5.91 Å². The first kappa shape index (κ1) is 18.9. The number of anilines is 1. The molecular weight excluding hydrogens is 336 g/mol. The van der Waals surface area contributed by atoms with E-state index in [1.165, 1.54) is 5.56 Å². The summed E-state index contributed by atoms with van der Waals surface area (Å²) in [5.74, 6) is -0.0813. The number of nitrogens with zero attached hydrogens (tertiary/aromatic N) is 2. The fourth-order valence-corrected chi connectivity index (χ4v) is 3.17. The molecule has 0 aliphatic rings. The van der Waals surface area contributed by atoms with Gasteiger partial charge in [-0.3, -0.25) is 14.8 Å². The van der Waals surface area contributed by atoms with Crippen molar-refractivity contribution >= 4 is 11.6 Å². The largest absolute Gasteiger partial charge is 0.322 e. The summed E-state index contributed by atoms with van der Waals surface area (Å²) in [5, 5.41) is 10.7. The average molecular weight is 362 g/mol. The second-order valence-corrected chi connectivity index (χ2v) is 6.85. The Morgan fingerprint density at radius 3 is 2.22 bits per heavy atom. The Bertz CT molecular complexity index is 913. The first-order valence-corrected chi connectivity index (χ1v) is 9.10. The van der Waals surface area contributed by atoms with Gasteiger partial charge in [-0.1, -0.05) is 60.2 Å². The van der Waals surface area contributed by atoms with E-state index in [9.17, 15) is 4.79 Å². The lowest BCUT2D eigenvalue weighted by Crippen LogP contribution is -2.32. The van der Waals surface area contributed by atoms with Crippen molar-refractivity contribution in [1.82, 2.24) is 15.1 Å². The van der Waals surface area contributed by atoms with E-state index in [0.717, 1.165) is 28.2 Å². The monoisotopic (exact) mass is 362 g/mol. The molecule has 0 aliphatic carbocycles. The van der Waals surface area contributed by atoms with Crippen molar-refractivity contribution < 1.29 is 4.79 Å². The van der Waals surface area contributed by atoms with Crippen molar-refractivity contribution in [3.63, 3.8) is 0 Å². The summed E-state index contributed by atoms with van der Waals surface area (Å²) < 4.78 is 1.78. The summed E-state index contributed by atoms with van der Waals surface area (Å²) in [7, 11) is 1.87. The van der Waals surface area contributed by atoms with Crippen LogP contribution in [0.15, 0.2) is 54.6 Å². The Morgan fingerprint density at radius 2 is 1.63 bits per heavy atom. The molecule has 1 heterocycles. The lowest BCUT2D eigenvalue weighted by molar-refractivity contribution is -0.115. The van der Waals surface area contributed by atoms with Crippen molar-refractivity contribution in [2.24, 2.45) is 7.05 Å². The van der Waals surface area contributed by atoms with E-state index in [2.05, 4.69) is 59.1 Å². The molecule has 0 saturated heterocycles. The second kappa shape index (κ2) is 8.18. The molecule has 0 radical (unpaired) electrons. The number of aromatic nitrogens is 2. The molecule has 140 valence electrons. The quantitative estimate of drug-likeness (QED) is 0.703. The van der Waals surface area contributed by atoms with E-state index in [4.69, 9.17) is 0 Å². The number of rotatable bonds is 6. The highest BCUT2D eigenvalue weighted by molar-refractivity contribution is 5.93. The number of carbonyl (C=O) groups excluding carboxylic acids is 1. The summed E-state index contributed by atoms with van der Waals surface area (Å²) in [5.41, 5.74) is 6.03. The zero-order valence-electron chi connectivity index (χ0n) is 16.3. The molecule has 0 aliphatic heterocycles. The number of nitrogens with one attached hydrogen (secondary N) is 2. The molecule has 0 unspecified atom stereocenters. The van der Waals surface area contributed by atoms with Gasteiger partial charge in [0.25, 0.3) is 0 Å². The van der Waals surface area contributed by atoms with Crippen LogP contribution >= 0.6 is 0 Å². The predicted molar refractivity (Wildman–Crippen MR) is 109 cm³/mol.